The Morgan fingerprint density at radius 3 is 2.83 bits per heavy atom. The first-order valence-electron chi connectivity index (χ1n) is 8.61. The maximum absolute atomic E-state index is 12.2. The van der Waals surface area contributed by atoms with Crippen LogP contribution >= 0.6 is 0 Å². The van der Waals surface area contributed by atoms with Gasteiger partial charge in [-0.05, 0) is 24.3 Å². The highest BCUT2D eigenvalue weighted by molar-refractivity contribution is 5.94. The number of amides is 1. The molecule has 0 bridgehead atoms. The number of ether oxygens (including phenoxy) is 2. The Balaban J connectivity index is 1.82. The molecular weight excluding hydrogens is 308 g/mol. The zero-order valence-corrected chi connectivity index (χ0v) is 14.8. The number of hydrogen-bond acceptors (Lipinski definition) is 4. The highest BCUT2D eigenvalue weighted by atomic mass is 16.6. The third-order valence-electron chi connectivity index (χ3n) is 4.09. The molecule has 1 aliphatic heterocycles. The molecule has 0 aromatic carbocycles. The summed E-state index contributed by atoms with van der Waals surface area (Å²) in [5.74, 6) is 0.214. The lowest BCUT2D eigenvalue weighted by atomic mass is 9.94. The molecule has 0 radical (unpaired) electrons. The molecule has 0 aliphatic carbocycles. The van der Waals surface area contributed by atoms with Gasteiger partial charge in [-0.25, -0.2) is 0 Å². The Bertz CT molecular complexity index is 547. The van der Waals surface area contributed by atoms with Gasteiger partial charge in [-0.15, -0.1) is 0 Å². The summed E-state index contributed by atoms with van der Waals surface area (Å²) < 4.78 is 12.5. The molecule has 1 aromatic rings. The van der Waals surface area contributed by atoms with E-state index in [1.165, 1.54) is 0 Å². The minimum atomic E-state index is -0.204. The van der Waals surface area contributed by atoms with Gasteiger partial charge in [0.25, 0.3) is 5.91 Å². The van der Waals surface area contributed by atoms with Gasteiger partial charge in [0.2, 0.25) is 0 Å². The largest absolute Gasteiger partial charge is 0.460 e. The molecular formula is C18H28N2O4. The Morgan fingerprint density at radius 2 is 2.25 bits per heavy atom. The molecule has 1 fully saturated rings. The normalized spacial score (nSPS) is 18.6. The van der Waals surface area contributed by atoms with Crippen LogP contribution in [0.5, 0.6) is 0 Å². The van der Waals surface area contributed by atoms with Crippen molar-refractivity contribution in [1.29, 1.82) is 0 Å². The number of carbonyl (C=O) groups excluding carboxylic acids is 2. The van der Waals surface area contributed by atoms with E-state index in [1.54, 1.807) is 12.3 Å². The minimum Gasteiger partial charge on any atom is -0.460 e. The molecule has 6 nitrogen and oxygen atoms in total. The van der Waals surface area contributed by atoms with Crippen LogP contribution in [0.1, 0.15) is 43.5 Å². The Labute approximate surface area is 143 Å². The number of esters is 1. The maximum Gasteiger partial charge on any atom is 0.306 e. The Kier molecular flexibility index (Phi) is 6.85. The van der Waals surface area contributed by atoms with Gasteiger partial charge in [0.1, 0.15) is 6.10 Å². The number of rotatable bonds is 8. The molecule has 1 aliphatic rings. The number of hydrogen-bond donors (Lipinski definition) is 1. The van der Waals surface area contributed by atoms with Crippen LogP contribution < -0.4 is 5.32 Å². The van der Waals surface area contributed by atoms with E-state index in [0.717, 1.165) is 12.8 Å². The van der Waals surface area contributed by atoms with Crippen molar-refractivity contribution < 1.29 is 19.1 Å². The van der Waals surface area contributed by atoms with E-state index in [1.807, 2.05) is 17.8 Å². The first kappa shape index (κ1) is 18.5. The summed E-state index contributed by atoms with van der Waals surface area (Å²) in [5, 5.41) is 2.93. The summed E-state index contributed by atoms with van der Waals surface area (Å²) in [6.07, 6.45) is 5.46. The van der Waals surface area contributed by atoms with Gasteiger partial charge in [-0.3, -0.25) is 9.59 Å². The van der Waals surface area contributed by atoms with Crippen LogP contribution in [0.4, 0.5) is 0 Å². The quantitative estimate of drug-likeness (QED) is 0.739. The highest BCUT2D eigenvalue weighted by Crippen LogP contribution is 2.18. The summed E-state index contributed by atoms with van der Waals surface area (Å²) in [7, 11) is 1.88. The Hall–Kier alpha value is -1.82. The van der Waals surface area contributed by atoms with E-state index in [9.17, 15) is 9.59 Å². The number of nitrogens with one attached hydrogen (secondary N) is 1. The van der Waals surface area contributed by atoms with Crippen molar-refractivity contribution in [3.8, 4) is 0 Å². The predicted octanol–water partition coefficient (Wildman–Crippen LogP) is 2.14. The van der Waals surface area contributed by atoms with Crippen molar-refractivity contribution in [3.63, 3.8) is 0 Å². The van der Waals surface area contributed by atoms with Crippen LogP contribution in [0.25, 0.3) is 0 Å². The van der Waals surface area contributed by atoms with Crippen molar-refractivity contribution in [3.05, 3.63) is 24.0 Å². The van der Waals surface area contributed by atoms with E-state index in [0.29, 0.717) is 37.7 Å². The van der Waals surface area contributed by atoms with Crippen LogP contribution in [0.2, 0.25) is 0 Å². The summed E-state index contributed by atoms with van der Waals surface area (Å²) in [4.78, 5) is 24.3. The molecule has 134 valence electrons. The molecule has 0 saturated carbocycles. The number of nitrogens with zero attached hydrogens (tertiary/aromatic N) is 1. The molecule has 2 heterocycles. The van der Waals surface area contributed by atoms with E-state index < -0.39 is 0 Å². The lowest BCUT2D eigenvalue weighted by Gasteiger charge is -2.20. The van der Waals surface area contributed by atoms with Crippen LogP contribution in [0.15, 0.2) is 18.5 Å². The topological polar surface area (TPSA) is 69.6 Å². The van der Waals surface area contributed by atoms with Crippen molar-refractivity contribution in [2.45, 2.75) is 39.2 Å². The molecule has 0 spiro atoms. The average molecular weight is 336 g/mol. The van der Waals surface area contributed by atoms with Gasteiger partial charge in [0.15, 0.2) is 0 Å². The monoisotopic (exact) mass is 336 g/mol. The molecule has 1 saturated heterocycles. The van der Waals surface area contributed by atoms with E-state index in [4.69, 9.17) is 9.47 Å². The molecule has 24 heavy (non-hydrogen) atoms. The fourth-order valence-electron chi connectivity index (χ4n) is 2.96. The third-order valence-corrected chi connectivity index (χ3v) is 4.09. The second-order valence-electron chi connectivity index (χ2n) is 6.95. The van der Waals surface area contributed by atoms with Gasteiger partial charge in [0.05, 0.1) is 25.2 Å². The minimum absolute atomic E-state index is 0.0764. The number of aromatic nitrogens is 1. The second kappa shape index (κ2) is 8.87. The van der Waals surface area contributed by atoms with Gasteiger partial charge < -0.3 is 19.4 Å². The molecule has 1 N–H and O–H groups in total. The first-order valence-corrected chi connectivity index (χ1v) is 8.61. The average Bonchev–Trinajstić information content (AvgIpc) is 3.15. The van der Waals surface area contributed by atoms with Crippen LogP contribution in [0.3, 0.4) is 0 Å². The predicted molar refractivity (Wildman–Crippen MR) is 90.6 cm³/mol. The fourth-order valence-corrected chi connectivity index (χ4v) is 2.96. The Morgan fingerprint density at radius 1 is 1.46 bits per heavy atom. The standard InChI is InChI=1S/C18H28N2O4/c1-13(2)8-14(9-17(21)24-16-5-7-23-12-16)10-19-18(22)15-4-6-20(3)11-15/h4,6,11,13-14,16H,5,7-10,12H2,1-3H3,(H,19,22)/t14-,16?/m0/s1. The summed E-state index contributed by atoms with van der Waals surface area (Å²) in [6.45, 7) is 5.85. The van der Waals surface area contributed by atoms with Gasteiger partial charge in [-0.1, -0.05) is 13.8 Å². The SMILES string of the molecule is CC(C)C[C@H](CNC(=O)c1ccn(C)c1)CC(=O)OC1CCOC1. The lowest BCUT2D eigenvalue weighted by molar-refractivity contribution is -0.150. The molecule has 1 amide bonds. The summed E-state index contributed by atoms with van der Waals surface area (Å²) in [5.41, 5.74) is 0.631. The van der Waals surface area contributed by atoms with E-state index >= 15 is 0 Å². The first-order chi connectivity index (χ1) is 11.4. The van der Waals surface area contributed by atoms with E-state index in [-0.39, 0.29) is 23.9 Å². The molecule has 2 atom stereocenters. The zero-order chi connectivity index (χ0) is 17.5. The van der Waals surface area contributed by atoms with Crippen LogP contribution in [-0.4, -0.2) is 42.3 Å². The van der Waals surface area contributed by atoms with Crippen molar-refractivity contribution in [2.75, 3.05) is 19.8 Å². The third kappa shape index (κ3) is 6.00. The van der Waals surface area contributed by atoms with Crippen molar-refractivity contribution in [1.82, 2.24) is 9.88 Å². The fraction of sp³-hybridized carbons (Fsp3) is 0.667. The summed E-state index contributed by atoms with van der Waals surface area (Å²) >= 11 is 0. The van der Waals surface area contributed by atoms with Crippen LogP contribution in [0, 0.1) is 11.8 Å². The molecule has 2 rings (SSSR count). The maximum atomic E-state index is 12.2. The smallest absolute Gasteiger partial charge is 0.306 e. The van der Waals surface area contributed by atoms with Gasteiger partial charge in [0, 0.05) is 32.4 Å². The highest BCUT2D eigenvalue weighted by Gasteiger charge is 2.23. The van der Waals surface area contributed by atoms with Gasteiger partial charge in [-0.2, -0.15) is 0 Å². The molecule has 1 unspecified atom stereocenters. The summed E-state index contributed by atoms with van der Waals surface area (Å²) in [6, 6.07) is 1.78. The van der Waals surface area contributed by atoms with Gasteiger partial charge >= 0.3 is 5.97 Å². The van der Waals surface area contributed by atoms with E-state index in [2.05, 4.69) is 19.2 Å². The van der Waals surface area contributed by atoms with Crippen molar-refractivity contribution in [2.24, 2.45) is 18.9 Å². The van der Waals surface area contributed by atoms with Crippen LogP contribution in [-0.2, 0) is 21.3 Å². The number of aryl methyl sites for hydroxylation is 1. The lowest BCUT2D eigenvalue weighted by Crippen LogP contribution is -2.32. The van der Waals surface area contributed by atoms with Crippen molar-refractivity contribution >= 4 is 11.9 Å². The number of carbonyl (C=O) groups is 2. The zero-order valence-electron chi connectivity index (χ0n) is 14.8. The second-order valence-corrected chi connectivity index (χ2v) is 6.95. The molecule has 6 heteroatoms. The molecule has 1 aromatic heterocycles.